The van der Waals surface area contributed by atoms with E-state index in [0.717, 1.165) is 18.8 Å². The molecule has 0 N–H and O–H groups in total. The van der Waals surface area contributed by atoms with E-state index < -0.39 is 0 Å². The van der Waals surface area contributed by atoms with Crippen molar-refractivity contribution in [3.63, 3.8) is 0 Å². The monoisotopic (exact) mass is 198 g/mol. The molecule has 0 atom stereocenters. The van der Waals surface area contributed by atoms with Crippen molar-refractivity contribution >= 4 is 5.82 Å². The fourth-order valence-corrected chi connectivity index (χ4v) is 1.45. The summed E-state index contributed by atoms with van der Waals surface area (Å²) in [6, 6.07) is 4.18. The molecular formula is C13H14N2. The summed E-state index contributed by atoms with van der Waals surface area (Å²) >= 11 is 0. The molecule has 2 rings (SSSR count). The van der Waals surface area contributed by atoms with Gasteiger partial charge < -0.3 is 4.90 Å². The van der Waals surface area contributed by atoms with Crippen LogP contribution in [0.25, 0.3) is 0 Å². The molecule has 1 aliphatic rings. The minimum atomic E-state index is 0.825. The Bertz CT molecular complexity index is 409. The van der Waals surface area contributed by atoms with Crippen molar-refractivity contribution in [3.8, 4) is 0 Å². The van der Waals surface area contributed by atoms with Gasteiger partial charge in [0, 0.05) is 18.9 Å². The zero-order valence-electron chi connectivity index (χ0n) is 8.85. The second-order valence-corrected chi connectivity index (χ2v) is 3.41. The summed E-state index contributed by atoms with van der Waals surface area (Å²) in [5.74, 6) is 0.983. The molecule has 0 aliphatic carbocycles. The van der Waals surface area contributed by atoms with Crippen molar-refractivity contribution in [2.45, 2.75) is 13.3 Å². The Balaban J connectivity index is 2.19. The highest BCUT2D eigenvalue weighted by Crippen LogP contribution is 2.12. The Labute approximate surface area is 90.3 Å². The van der Waals surface area contributed by atoms with E-state index in [1.165, 1.54) is 5.56 Å². The number of rotatable bonds is 2. The largest absolute Gasteiger partial charge is 0.329 e. The van der Waals surface area contributed by atoms with Crippen LogP contribution in [0.15, 0.2) is 48.5 Å². The number of hydrogen-bond acceptors (Lipinski definition) is 2. The van der Waals surface area contributed by atoms with Crippen LogP contribution >= 0.6 is 0 Å². The van der Waals surface area contributed by atoms with Gasteiger partial charge in [-0.3, -0.25) is 0 Å². The van der Waals surface area contributed by atoms with Crippen LogP contribution in [-0.4, -0.2) is 11.5 Å². The quantitative estimate of drug-likeness (QED) is 0.679. The van der Waals surface area contributed by atoms with Gasteiger partial charge in [0.1, 0.15) is 5.82 Å². The highest BCUT2D eigenvalue weighted by Gasteiger charge is 2.02. The second-order valence-electron chi connectivity index (χ2n) is 3.41. The standard InChI is InChI=1S/C13H14N2/c1-2-12-7-8-13(14-11-12)15-9-5-3-4-6-10-15/h3,5-9,11H,2,10H2,1H3. The number of aromatic nitrogens is 1. The highest BCUT2D eigenvalue weighted by molar-refractivity contribution is 5.44. The van der Waals surface area contributed by atoms with Gasteiger partial charge in [0.15, 0.2) is 0 Å². The number of aryl methyl sites for hydroxylation is 1. The zero-order chi connectivity index (χ0) is 10.5. The van der Waals surface area contributed by atoms with Crippen molar-refractivity contribution in [1.82, 2.24) is 4.98 Å². The summed E-state index contributed by atoms with van der Waals surface area (Å²) < 4.78 is 0. The van der Waals surface area contributed by atoms with Crippen LogP contribution in [0.3, 0.4) is 0 Å². The van der Waals surface area contributed by atoms with Gasteiger partial charge in [-0.15, -0.1) is 5.73 Å². The van der Waals surface area contributed by atoms with E-state index in [-0.39, 0.29) is 0 Å². The molecule has 15 heavy (non-hydrogen) atoms. The van der Waals surface area contributed by atoms with E-state index >= 15 is 0 Å². The molecule has 2 heteroatoms. The normalized spacial score (nSPS) is 14.3. The Morgan fingerprint density at radius 3 is 3.13 bits per heavy atom. The second kappa shape index (κ2) is 4.63. The first-order chi connectivity index (χ1) is 7.40. The van der Waals surface area contributed by atoms with Gasteiger partial charge in [0.2, 0.25) is 0 Å². The van der Waals surface area contributed by atoms with Crippen molar-refractivity contribution in [2.75, 3.05) is 11.4 Å². The van der Waals surface area contributed by atoms with Crippen molar-refractivity contribution in [2.24, 2.45) is 0 Å². The summed E-state index contributed by atoms with van der Waals surface area (Å²) in [6.07, 6.45) is 10.9. The van der Waals surface area contributed by atoms with Crippen molar-refractivity contribution in [3.05, 3.63) is 54.1 Å². The smallest absolute Gasteiger partial charge is 0.132 e. The van der Waals surface area contributed by atoms with Crippen LogP contribution in [0.5, 0.6) is 0 Å². The third kappa shape index (κ3) is 2.36. The summed E-state index contributed by atoms with van der Waals surface area (Å²) in [7, 11) is 0. The number of nitrogens with zero attached hydrogens (tertiary/aromatic N) is 2. The van der Waals surface area contributed by atoms with Gasteiger partial charge in [0.25, 0.3) is 0 Å². The van der Waals surface area contributed by atoms with E-state index in [4.69, 9.17) is 0 Å². The maximum absolute atomic E-state index is 4.43. The van der Waals surface area contributed by atoms with Crippen LogP contribution in [0.1, 0.15) is 12.5 Å². The van der Waals surface area contributed by atoms with Crippen LogP contribution in [0.2, 0.25) is 0 Å². The molecule has 0 fully saturated rings. The Morgan fingerprint density at radius 2 is 2.40 bits per heavy atom. The first kappa shape index (κ1) is 9.75. The minimum Gasteiger partial charge on any atom is -0.329 e. The van der Waals surface area contributed by atoms with Crippen molar-refractivity contribution in [1.29, 1.82) is 0 Å². The molecule has 0 spiro atoms. The number of hydrogen-bond donors (Lipinski definition) is 0. The molecule has 1 aromatic rings. The first-order valence-corrected chi connectivity index (χ1v) is 5.19. The first-order valence-electron chi connectivity index (χ1n) is 5.19. The lowest BCUT2D eigenvalue weighted by molar-refractivity contribution is 1.02. The molecule has 0 amide bonds. The Kier molecular flexibility index (Phi) is 3.01. The molecule has 76 valence electrons. The van der Waals surface area contributed by atoms with Crippen LogP contribution < -0.4 is 4.90 Å². The highest BCUT2D eigenvalue weighted by atomic mass is 15.2. The predicted molar refractivity (Wildman–Crippen MR) is 62.8 cm³/mol. The zero-order valence-corrected chi connectivity index (χ0v) is 8.85. The Hall–Kier alpha value is -1.79. The molecule has 0 unspecified atom stereocenters. The molecule has 0 saturated heterocycles. The maximum atomic E-state index is 4.43. The van der Waals surface area contributed by atoms with Gasteiger partial charge in [-0.25, -0.2) is 4.98 Å². The number of pyridine rings is 1. The van der Waals surface area contributed by atoms with Crippen molar-refractivity contribution < 1.29 is 0 Å². The maximum Gasteiger partial charge on any atom is 0.132 e. The molecule has 0 saturated carbocycles. The topological polar surface area (TPSA) is 16.1 Å². The summed E-state index contributed by atoms with van der Waals surface area (Å²) in [4.78, 5) is 6.52. The fraction of sp³-hybridized carbons (Fsp3) is 0.231. The van der Waals surface area contributed by atoms with E-state index in [9.17, 15) is 0 Å². The minimum absolute atomic E-state index is 0.825. The average Bonchev–Trinajstić information content (AvgIpc) is 2.58. The van der Waals surface area contributed by atoms with Crippen LogP contribution in [-0.2, 0) is 6.42 Å². The average molecular weight is 198 g/mol. The summed E-state index contributed by atoms with van der Waals surface area (Å²) in [5.41, 5.74) is 4.33. The van der Waals surface area contributed by atoms with E-state index in [2.05, 4.69) is 34.7 Å². The lowest BCUT2D eigenvalue weighted by atomic mass is 10.2. The lowest BCUT2D eigenvalue weighted by Gasteiger charge is -2.16. The lowest BCUT2D eigenvalue weighted by Crippen LogP contribution is -2.16. The van der Waals surface area contributed by atoms with Gasteiger partial charge in [-0.2, -0.15) is 0 Å². The van der Waals surface area contributed by atoms with Gasteiger partial charge in [-0.05, 0) is 36.3 Å². The van der Waals surface area contributed by atoms with E-state index in [0.29, 0.717) is 0 Å². The SMILES string of the molecule is CCc1ccc(N2C=CC=C=CC2)nc1. The molecular weight excluding hydrogens is 184 g/mol. The number of allylic oxidation sites excluding steroid dienone is 1. The predicted octanol–water partition coefficient (Wildman–Crippen LogP) is 2.69. The number of anilines is 1. The molecule has 0 bridgehead atoms. The molecule has 2 heterocycles. The van der Waals surface area contributed by atoms with Gasteiger partial charge in [0.05, 0.1) is 0 Å². The van der Waals surface area contributed by atoms with Gasteiger partial charge in [-0.1, -0.05) is 13.0 Å². The van der Waals surface area contributed by atoms with E-state index in [1.54, 1.807) is 0 Å². The fourth-order valence-electron chi connectivity index (χ4n) is 1.45. The summed E-state index contributed by atoms with van der Waals surface area (Å²) in [5, 5.41) is 0. The molecule has 2 nitrogen and oxygen atoms in total. The molecule has 0 radical (unpaired) electrons. The molecule has 0 aromatic carbocycles. The third-order valence-electron chi connectivity index (χ3n) is 2.38. The van der Waals surface area contributed by atoms with Crippen LogP contribution in [0.4, 0.5) is 5.82 Å². The Morgan fingerprint density at radius 1 is 1.47 bits per heavy atom. The third-order valence-corrected chi connectivity index (χ3v) is 2.38. The van der Waals surface area contributed by atoms with Crippen LogP contribution in [0, 0.1) is 0 Å². The molecule has 1 aromatic heterocycles. The van der Waals surface area contributed by atoms with E-state index in [1.807, 2.05) is 30.6 Å². The summed E-state index contributed by atoms with van der Waals surface area (Å²) in [6.45, 7) is 2.96. The molecule has 1 aliphatic heterocycles. The van der Waals surface area contributed by atoms with Gasteiger partial charge >= 0.3 is 0 Å².